The van der Waals surface area contributed by atoms with Gasteiger partial charge in [0.15, 0.2) is 0 Å². The van der Waals surface area contributed by atoms with Gasteiger partial charge in [0.25, 0.3) is 0 Å². The van der Waals surface area contributed by atoms with E-state index in [-0.39, 0.29) is 6.10 Å². The van der Waals surface area contributed by atoms with Gasteiger partial charge in [0, 0.05) is 18.6 Å². The molecule has 1 saturated heterocycles. The minimum absolute atomic E-state index is 0.361. The third kappa shape index (κ3) is 3.42. The maximum atomic E-state index is 10.2. The Bertz CT molecular complexity index is 389. The fraction of sp³-hybridized carbons (Fsp3) is 0.750. The van der Waals surface area contributed by atoms with E-state index in [9.17, 15) is 5.11 Å². The lowest BCUT2D eigenvalue weighted by molar-refractivity contribution is 0.147. The molecular formula is C16H26N2OS. The van der Waals surface area contributed by atoms with Crippen molar-refractivity contribution in [2.45, 2.75) is 56.7 Å². The molecule has 0 spiro atoms. The summed E-state index contributed by atoms with van der Waals surface area (Å²) < 4.78 is 0. The van der Waals surface area contributed by atoms with Crippen molar-refractivity contribution in [3.8, 4) is 0 Å². The molecule has 3 rings (SSSR count). The van der Waals surface area contributed by atoms with Crippen LogP contribution in [0.4, 0.5) is 0 Å². The molecule has 1 saturated carbocycles. The zero-order valence-electron chi connectivity index (χ0n) is 12.1. The van der Waals surface area contributed by atoms with Gasteiger partial charge >= 0.3 is 0 Å². The highest BCUT2D eigenvalue weighted by Gasteiger charge is 2.33. The minimum atomic E-state index is -0.361. The van der Waals surface area contributed by atoms with Gasteiger partial charge in [-0.05, 0) is 60.5 Å². The summed E-state index contributed by atoms with van der Waals surface area (Å²) >= 11 is 1.65. The number of thiophene rings is 1. The third-order valence-corrected chi connectivity index (χ3v) is 5.64. The fourth-order valence-corrected chi connectivity index (χ4v) is 4.52. The van der Waals surface area contributed by atoms with Crippen LogP contribution in [-0.2, 0) is 0 Å². The second-order valence-corrected chi connectivity index (χ2v) is 7.02. The quantitative estimate of drug-likeness (QED) is 0.782. The average Bonchev–Trinajstić information content (AvgIpc) is 3.17. The van der Waals surface area contributed by atoms with E-state index in [1.165, 1.54) is 45.1 Å². The Labute approximate surface area is 125 Å². The first kappa shape index (κ1) is 14.5. The maximum absolute atomic E-state index is 10.2. The predicted molar refractivity (Wildman–Crippen MR) is 84.1 cm³/mol. The summed E-state index contributed by atoms with van der Waals surface area (Å²) in [5, 5.41) is 21.6. The van der Waals surface area contributed by atoms with Crippen LogP contribution in [0.3, 0.4) is 0 Å². The molecule has 2 heterocycles. The Kier molecular flexibility index (Phi) is 5.10. The van der Waals surface area contributed by atoms with E-state index in [4.69, 9.17) is 0 Å². The Morgan fingerprint density at radius 2 is 2.20 bits per heavy atom. The molecule has 4 heteroatoms. The molecular weight excluding hydrogens is 268 g/mol. The molecule has 112 valence electrons. The van der Waals surface area contributed by atoms with Gasteiger partial charge in [0.1, 0.15) is 0 Å². The summed E-state index contributed by atoms with van der Waals surface area (Å²) in [6, 6.07) is 3.30. The van der Waals surface area contributed by atoms with Crippen LogP contribution in [-0.4, -0.2) is 30.3 Å². The number of rotatable bonds is 5. The summed E-state index contributed by atoms with van der Waals surface area (Å²) in [7, 11) is 0. The van der Waals surface area contributed by atoms with E-state index in [1.807, 2.05) is 16.8 Å². The van der Waals surface area contributed by atoms with Crippen molar-refractivity contribution >= 4 is 11.3 Å². The van der Waals surface area contributed by atoms with Crippen LogP contribution in [0.5, 0.6) is 0 Å². The average molecular weight is 294 g/mol. The maximum Gasteiger partial charge on any atom is 0.0922 e. The number of hydrogen-bond donors (Lipinski definition) is 3. The van der Waals surface area contributed by atoms with E-state index < -0.39 is 0 Å². The molecule has 0 radical (unpaired) electrons. The fourth-order valence-electron chi connectivity index (χ4n) is 3.82. The van der Waals surface area contributed by atoms with Crippen molar-refractivity contribution in [3.63, 3.8) is 0 Å². The molecule has 0 aromatic carbocycles. The van der Waals surface area contributed by atoms with E-state index in [2.05, 4.69) is 10.6 Å². The molecule has 2 aliphatic rings. The van der Waals surface area contributed by atoms with Gasteiger partial charge in [0.05, 0.1) is 6.10 Å². The van der Waals surface area contributed by atoms with Crippen molar-refractivity contribution in [1.82, 2.24) is 10.6 Å². The first-order valence-corrected chi connectivity index (χ1v) is 8.96. The van der Waals surface area contributed by atoms with Crippen LogP contribution >= 0.6 is 11.3 Å². The normalized spacial score (nSPS) is 32.4. The van der Waals surface area contributed by atoms with Gasteiger partial charge in [-0.15, -0.1) is 0 Å². The van der Waals surface area contributed by atoms with Crippen LogP contribution in [0.25, 0.3) is 0 Å². The highest BCUT2D eigenvalue weighted by Crippen LogP contribution is 2.31. The highest BCUT2D eigenvalue weighted by molar-refractivity contribution is 7.07. The summed E-state index contributed by atoms with van der Waals surface area (Å²) in [5.41, 5.74) is 1.05. The topological polar surface area (TPSA) is 44.3 Å². The van der Waals surface area contributed by atoms with Crippen LogP contribution in [0.2, 0.25) is 0 Å². The van der Waals surface area contributed by atoms with E-state index in [1.54, 1.807) is 11.3 Å². The summed E-state index contributed by atoms with van der Waals surface area (Å²) in [4.78, 5) is 0. The summed E-state index contributed by atoms with van der Waals surface area (Å²) in [6.45, 7) is 1.87. The summed E-state index contributed by atoms with van der Waals surface area (Å²) in [5.74, 6) is 0.751. The van der Waals surface area contributed by atoms with Crippen molar-refractivity contribution in [2.24, 2.45) is 5.92 Å². The lowest BCUT2D eigenvalue weighted by Gasteiger charge is -2.36. The molecule has 4 unspecified atom stereocenters. The third-order valence-electron chi connectivity index (χ3n) is 4.94. The summed E-state index contributed by atoms with van der Waals surface area (Å²) in [6.07, 6.45) is 7.59. The largest absolute Gasteiger partial charge is 0.387 e. The minimum Gasteiger partial charge on any atom is -0.387 e. The SMILES string of the molecule is OC(CNC1CCCCC1C1CCCN1)c1ccsc1. The van der Waals surface area contributed by atoms with E-state index >= 15 is 0 Å². The number of hydrogen-bond acceptors (Lipinski definition) is 4. The second-order valence-electron chi connectivity index (χ2n) is 6.24. The Morgan fingerprint density at radius 1 is 1.30 bits per heavy atom. The molecule has 4 atom stereocenters. The van der Waals surface area contributed by atoms with Crippen molar-refractivity contribution < 1.29 is 5.11 Å². The zero-order chi connectivity index (χ0) is 13.8. The second kappa shape index (κ2) is 7.03. The lowest BCUT2D eigenvalue weighted by Crippen LogP contribution is -2.47. The van der Waals surface area contributed by atoms with Crippen LogP contribution in [0, 0.1) is 5.92 Å². The first-order valence-electron chi connectivity index (χ1n) is 8.01. The molecule has 2 fully saturated rings. The molecule has 20 heavy (non-hydrogen) atoms. The Balaban J connectivity index is 1.54. The molecule has 3 nitrogen and oxygen atoms in total. The van der Waals surface area contributed by atoms with E-state index in [0.717, 1.165) is 11.5 Å². The van der Waals surface area contributed by atoms with Crippen molar-refractivity contribution in [3.05, 3.63) is 22.4 Å². The number of aliphatic hydroxyl groups is 1. The molecule has 3 N–H and O–H groups in total. The van der Waals surface area contributed by atoms with E-state index in [0.29, 0.717) is 18.6 Å². The lowest BCUT2D eigenvalue weighted by atomic mass is 9.79. The van der Waals surface area contributed by atoms with Gasteiger partial charge < -0.3 is 15.7 Å². The van der Waals surface area contributed by atoms with Crippen LogP contribution < -0.4 is 10.6 Å². The van der Waals surface area contributed by atoms with Crippen molar-refractivity contribution in [2.75, 3.05) is 13.1 Å². The Morgan fingerprint density at radius 3 is 2.95 bits per heavy atom. The molecule has 1 aliphatic carbocycles. The van der Waals surface area contributed by atoms with Crippen LogP contribution in [0.15, 0.2) is 16.8 Å². The Hall–Kier alpha value is -0.420. The molecule has 1 aromatic rings. The number of aliphatic hydroxyl groups excluding tert-OH is 1. The first-order chi connectivity index (χ1) is 9.84. The highest BCUT2D eigenvalue weighted by atomic mass is 32.1. The van der Waals surface area contributed by atoms with Crippen molar-refractivity contribution in [1.29, 1.82) is 0 Å². The molecule has 1 aliphatic heterocycles. The molecule has 0 bridgehead atoms. The number of nitrogens with one attached hydrogen (secondary N) is 2. The monoisotopic (exact) mass is 294 g/mol. The predicted octanol–water partition coefficient (Wildman–Crippen LogP) is 2.68. The molecule has 0 amide bonds. The van der Waals surface area contributed by atoms with Gasteiger partial charge in [-0.25, -0.2) is 0 Å². The van der Waals surface area contributed by atoms with Gasteiger partial charge in [-0.2, -0.15) is 11.3 Å². The smallest absolute Gasteiger partial charge is 0.0922 e. The van der Waals surface area contributed by atoms with Gasteiger partial charge in [-0.3, -0.25) is 0 Å². The van der Waals surface area contributed by atoms with Gasteiger partial charge in [0.2, 0.25) is 0 Å². The standard InChI is InChI=1S/C16H26N2OS/c19-16(12-7-9-20-11-12)10-18-15-5-2-1-4-13(15)14-6-3-8-17-14/h7,9,11,13-19H,1-6,8,10H2. The van der Waals surface area contributed by atoms with Gasteiger partial charge in [-0.1, -0.05) is 12.8 Å². The zero-order valence-corrected chi connectivity index (χ0v) is 12.9. The molecule has 1 aromatic heterocycles. The van der Waals surface area contributed by atoms with Crippen LogP contribution in [0.1, 0.15) is 50.2 Å².